The summed E-state index contributed by atoms with van der Waals surface area (Å²) in [6.45, 7) is 1.16. The lowest BCUT2D eigenvalue weighted by Crippen LogP contribution is -2.26. The van der Waals surface area contributed by atoms with Crippen LogP contribution in [0.2, 0.25) is 0 Å². The van der Waals surface area contributed by atoms with Gasteiger partial charge < -0.3 is 10.6 Å². The second kappa shape index (κ2) is 9.43. The second-order valence-electron chi connectivity index (χ2n) is 6.08. The third kappa shape index (κ3) is 5.88. The summed E-state index contributed by atoms with van der Waals surface area (Å²) >= 11 is 0. The van der Waals surface area contributed by atoms with Gasteiger partial charge in [-0.1, -0.05) is 42.5 Å². The van der Waals surface area contributed by atoms with Crippen LogP contribution < -0.4 is 10.6 Å². The Morgan fingerprint density at radius 2 is 1.59 bits per heavy atom. The standard InChI is InChI=1S/C21H21FN4O/c22-18-8-6-17(7-9-18)11-13-24-21(27)19-14-20(26-15-25-19)23-12-10-16-4-2-1-3-5-16/h1-9,14-15H,10-13H2,(H,24,27)(H,23,25,26). The van der Waals surface area contributed by atoms with Gasteiger partial charge in [0.05, 0.1) is 0 Å². The maximum absolute atomic E-state index is 12.9. The van der Waals surface area contributed by atoms with E-state index < -0.39 is 0 Å². The van der Waals surface area contributed by atoms with Crippen molar-refractivity contribution < 1.29 is 9.18 Å². The lowest BCUT2D eigenvalue weighted by atomic mass is 10.1. The van der Waals surface area contributed by atoms with Gasteiger partial charge in [-0.15, -0.1) is 0 Å². The van der Waals surface area contributed by atoms with E-state index in [1.807, 2.05) is 18.2 Å². The van der Waals surface area contributed by atoms with E-state index in [0.717, 1.165) is 12.0 Å². The van der Waals surface area contributed by atoms with Gasteiger partial charge in [-0.05, 0) is 36.1 Å². The van der Waals surface area contributed by atoms with Gasteiger partial charge in [0.1, 0.15) is 23.7 Å². The number of nitrogens with one attached hydrogen (secondary N) is 2. The molecule has 1 aromatic heterocycles. The molecule has 3 aromatic rings. The first-order chi connectivity index (χ1) is 13.2. The number of hydrogen-bond acceptors (Lipinski definition) is 4. The number of aromatic nitrogens is 2. The summed E-state index contributed by atoms with van der Waals surface area (Å²) in [5.41, 5.74) is 2.51. The molecule has 6 heteroatoms. The Labute approximate surface area is 157 Å². The van der Waals surface area contributed by atoms with Crippen LogP contribution in [-0.2, 0) is 12.8 Å². The lowest BCUT2D eigenvalue weighted by Gasteiger charge is -2.08. The number of rotatable bonds is 8. The summed E-state index contributed by atoms with van der Waals surface area (Å²) < 4.78 is 12.9. The molecule has 27 heavy (non-hydrogen) atoms. The van der Waals surface area contributed by atoms with Gasteiger partial charge in [0.2, 0.25) is 0 Å². The molecule has 0 saturated heterocycles. The lowest BCUT2D eigenvalue weighted by molar-refractivity contribution is 0.0949. The summed E-state index contributed by atoms with van der Waals surface area (Å²) in [6, 6.07) is 18.0. The molecule has 1 amide bonds. The predicted molar refractivity (Wildman–Crippen MR) is 103 cm³/mol. The zero-order chi connectivity index (χ0) is 18.9. The average molecular weight is 364 g/mol. The average Bonchev–Trinajstić information content (AvgIpc) is 2.70. The van der Waals surface area contributed by atoms with Crippen LogP contribution in [0.3, 0.4) is 0 Å². The van der Waals surface area contributed by atoms with Crippen molar-refractivity contribution in [2.45, 2.75) is 12.8 Å². The Morgan fingerprint density at radius 3 is 2.37 bits per heavy atom. The molecule has 0 saturated carbocycles. The first-order valence-electron chi connectivity index (χ1n) is 8.83. The highest BCUT2D eigenvalue weighted by Gasteiger charge is 2.08. The maximum Gasteiger partial charge on any atom is 0.270 e. The van der Waals surface area contributed by atoms with Crippen LogP contribution in [0, 0.1) is 5.82 Å². The first kappa shape index (κ1) is 18.5. The quantitative estimate of drug-likeness (QED) is 0.644. The molecule has 0 radical (unpaired) electrons. The van der Waals surface area contributed by atoms with E-state index in [1.165, 1.54) is 24.0 Å². The van der Waals surface area contributed by atoms with Gasteiger partial charge in [-0.3, -0.25) is 4.79 Å². The molecule has 5 nitrogen and oxygen atoms in total. The largest absolute Gasteiger partial charge is 0.370 e. The van der Waals surface area contributed by atoms with Crippen molar-refractivity contribution in [3.8, 4) is 0 Å². The van der Waals surface area contributed by atoms with E-state index >= 15 is 0 Å². The van der Waals surface area contributed by atoms with Crippen molar-refractivity contribution in [1.29, 1.82) is 0 Å². The second-order valence-corrected chi connectivity index (χ2v) is 6.08. The molecule has 2 N–H and O–H groups in total. The minimum Gasteiger partial charge on any atom is -0.370 e. The highest BCUT2D eigenvalue weighted by molar-refractivity contribution is 5.92. The van der Waals surface area contributed by atoms with Crippen LogP contribution in [0.1, 0.15) is 21.6 Å². The van der Waals surface area contributed by atoms with Crippen LogP contribution in [-0.4, -0.2) is 29.0 Å². The van der Waals surface area contributed by atoms with Crippen LogP contribution in [0.5, 0.6) is 0 Å². The highest BCUT2D eigenvalue weighted by Crippen LogP contribution is 2.06. The van der Waals surface area contributed by atoms with Gasteiger partial charge in [0, 0.05) is 19.2 Å². The molecule has 0 unspecified atom stereocenters. The molecular weight excluding hydrogens is 343 g/mol. The van der Waals surface area contributed by atoms with Gasteiger partial charge in [0.15, 0.2) is 0 Å². The Hall–Kier alpha value is -3.28. The third-order valence-corrected chi connectivity index (χ3v) is 4.07. The Kier molecular flexibility index (Phi) is 6.46. The van der Waals surface area contributed by atoms with Crippen molar-refractivity contribution in [2.24, 2.45) is 0 Å². The van der Waals surface area contributed by atoms with Crippen LogP contribution in [0.4, 0.5) is 10.2 Å². The fourth-order valence-electron chi connectivity index (χ4n) is 2.62. The molecule has 1 heterocycles. The van der Waals surface area contributed by atoms with E-state index in [2.05, 4.69) is 32.7 Å². The number of carbonyl (C=O) groups is 1. The monoisotopic (exact) mass is 364 g/mol. The summed E-state index contributed by atoms with van der Waals surface area (Å²) in [5, 5.41) is 6.03. The minimum absolute atomic E-state index is 0.259. The molecule has 0 aliphatic rings. The topological polar surface area (TPSA) is 66.9 Å². The summed E-state index contributed by atoms with van der Waals surface area (Å²) in [5.74, 6) is 0.0892. The smallest absolute Gasteiger partial charge is 0.270 e. The molecule has 0 spiro atoms. The normalized spacial score (nSPS) is 10.4. The van der Waals surface area contributed by atoms with Crippen molar-refractivity contribution in [1.82, 2.24) is 15.3 Å². The number of hydrogen-bond donors (Lipinski definition) is 2. The van der Waals surface area contributed by atoms with Crippen LogP contribution in [0.15, 0.2) is 67.0 Å². The van der Waals surface area contributed by atoms with Crippen molar-refractivity contribution >= 4 is 11.7 Å². The van der Waals surface area contributed by atoms with Gasteiger partial charge in [0.25, 0.3) is 5.91 Å². The van der Waals surface area contributed by atoms with Crippen LogP contribution in [0.25, 0.3) is 0 Å². The number of amides is 1. The zero-order valence-corrected chi connectivity index (χ0v) is 14.9. The first-order valence-corrected chi connectivity index (χ1v) is 8.83. The number of nitrogens with zero attached hydrogens (tertiary/aromatic N) is 2. The number of anilines is 1. The van der Waals surface area contributed by atoms with E-state index in [1.54, 1.807) is 18.2 Å². The minimum atomic E-state index is -0.268. The number of benzene rings is 2. The van der Waals surface area contributed by atoms with E-state index in [9.17, 15) is 9.18 Å². The fourth-order valence-corrected chi connectivity index (χ4v) is 2.62. The van der Waals surface area contributed by atoms with E-state index in [-0.39, 0.29) is 11.7 Å². The molecule has 0 aliphatic carbocycles. The Morgan fingerprint density at radius 1 is 0.889 bits per heavy atom. The van der Waals surface area contributed by atoms with Crippen molar-refractivity contribution in [2.75, 3.05) is 18.4 Å². The van der Waals surface area contributed by atoms with Gasteiger partial charge in [-0.25, -0.2) is 14.4 Å². The molecule has 138 valence electrons. The SMILES string of the molecule is O=C(NCCc1ccc(F)cc1)c1cc(NCCc2ccccc2)ncn1. The molecule has 2 aromatic carbocycles. The highest BCUT2D eigenvalue weighted by atomic mass is 19.1. The number of halogens is 1. The molecule has 0 atom stereocenters. The van der Waals surface area contributed by atoms with Crippen molar-refractivity contribution in [3.05, 3.63) is 89.6 Å². The summed E-state index contributed by atoms with van der Waals surface area (Å²) in [4.78, 5) is 20.4. The molecule has 0 aliphatic heterocycles. The predicted octanol–water partition coefficient (Wildman–Crippen LogP) is 3.24. The number of carbonyl (C=O) groups excluding carboxylic acids is 1. The van der Waals surface area contributed by atoms with E-state index in [0.29, 0.717) is 31.0 Å². The molecular formula is C21H21FN4O. The zero-order valence-electron chi connectivity index (χ0n) is 14.9. The van der Waals surface area contributed by atoms with Gasteiger partial charge in [-0.2, -0.15) is 0 Å². The maximum atomic E-state index is 12.9. The summed E-state index contributed by atoms with van der Waals surface area (Å²) in [6.07, 6.45) is 2.86. The van der Waals surface area contributed by atoms with Crippen molar-refractivity contribution in [3.63, 3.8) is 0 Å². The Balaban J connectivity index is 1.47. The Bertz CT molecular complexity index is 869. The fraction of sp³-hybridized carbons (Fsp3) is 0.190. The van der Waals surface area contributed by atoms with Gasteiger partial charge >= 0.3 is 0 Å². The molecule has 0 bridgehead atoms. The molecule has 0 fully saturated rings. The third-order valence-electron chi connectivity index (χ3n) is 4.07. The van der Waals surface area contributed by atoms with E-state index in [4.69, 9.17) is 0 Å². The summed E-state index contributed by atoms with van der Waals surface area (Å²) in [7, 11) is 0. The molecule has 3 rings (SSSR count). The van der Waals surface area contributed by atoms with Crippen LogP contribution >= 0.6 is 0 Å².